The van der Waals surface area contributed by atoms with Gasteiger partial charge in [-0.1, -0.05) is 6.92 Å². The minimum atomic E-state index is -0.181. The maximum Gasteiger partial charge on any atom is 0.243 e. The molecule has 176 valence electrons. The number of imidazole rings is 1. The number of nitrogens with zero attached hydrogens (tertiary/aromatic N) is 4. The molecule has 0 bridgehead atoms. The number of hydrogen-bond donors (Lipinski definition) is 2. The first-order valence-electron chi connectivity index (χ1n) is 12.3. The summed E-state index contributed by atoms with van der Waals surface area (Å²) >= 11 is 0. The number of aryl methyl sites for hydroxylation is 1. The number of likely N-dealkylation sites (N-methyl/N-ethyl adjacent to an activating group) is 1. The minimum Gasteiger partial charge on any atom is -0.379 e. The van der Waals surface area contributed by atoms with Gasteiger partial charge in [0.1, 0.15) is 5.71 Å². The van der Waals surface area contributed by atoms with Crippen molar-refractivity contribution in [3.8, 4) is 0 Å². The lowest BCUT2D eigenvalue weighted by atomic mass is 9.77. The predicted octanol–water partition coefficient (Wildman–Crippen LogP) is 2.67. The van der Waals surface area contributed by atoms with Crippen LogP contribution in [0.2, 0.25) is 0 Å². The number of anilines is 1. The zero-order valence-electron chi connectivity index (χ0n) is 20.0. The molecular formula is C25H34N6O2. The maximum atomic E-state index is 13.3. The lowest BCUT2D eigenvalue weighted by Crippen LogP contribution is -2.50. The number of amides is 1. The van der Waals surface area contributed by atoms with Crippen LogP contribution in [0.25, 0.3) is 11.0 Å². The number of rotatable bonds is 4. The zero-order chi connectivity index (χ0) is 22.9. The number of hydrazone groups is 1. The van der Waals surface area contributed by atoms with Crippen molar-refractivity contribution in [2.45, 2.75) is 52.1 Å². The number of aromatic nitrogens is 2. The van der Waals surface area contributed by atoms with Crippen LogP contribution in [-0.2, 0) is 9.53 Å². The largest absolute Gasteiger partial charge is 0.379 e. The first-order valence-corrected chi connectivity index (χ1v) is 12.3. The van der Waals surface area contributed by atoms with Crippen molar-refractivity contribution in [2.24, 2.45) is 22.4 Å². The number of fused-ring (bicyclic) bond motifs is 3. The van der Waals surface area contributed by atoms with E-state index in [0.29, 0.717) is 30.6 Å². The van der Waals surface area contributed by atoms with E-state index in [9.17, 15) is 4.79 Å². The summed E-state index contributed by atoms with van der Waals surface area (Å²) in [4.78, 5) is 25.7. The molecule has 1 amide bonds. The molecule has 5 atom stereocenters. The fourth-order valence-corrected chi connectivity index (χ4v) is 6.30. The molecule has 1 aromatic heterocycles. The molecular weight excluding hydrogens is 416 g/mol. The number of benzene rings is 1. The highest BCUT2D eigenvalue weighted by molar-refractivity contribution is 6.04. The molecule has 1 unspecified atom stereocenters. The summed E-state index contributed by atoms with van der Waals surface area (Å²) in [7, 11) is 1.87. The molecule has 1 saturated heterocycles. The highest BCUT2D eigenvalue weighted by Crippen LogP contribution is 2.62. The lowest BCUT2D eigenvalue weighted by molar-refractivity contribution is -0.124. The third-order valence-electron chi connectivity index (χ3n) is 8.64. The van der Waals surface area contributed by atoms with E-state index in [1.54, 1.807) is 4.90 Å². The molecule has 3 fully saturated rings. The van der Waals surface area contributed by atoms with E-state index in [0.717, 1.165) is 52.8 Å². The Bertz CT molecular complexity index is 1140. The molecule has 0 radical (unpaired) electrons. The Labute approximate surface area is 194 Å². The van der Waals surface area contributed by atoms with Gasteiger partial charge in [-0.25, -0.2) is 4.98 Å². The second kappa shape index (κ2) is 7.53. The standard InChI is InChI=1S/C25H34N6O2/c1-14-9-18-19(11-21(14)30(4)24(32)15(2)31-5-7-33-8-6-31)27-23(26-18)22-17-10-16-12-25(16,3)13-20(17)28-29-22/h9,11,15-17,20,28H,5-8,10,12-13H2,1-4H3,(H,26,27)/t15-,16+,17?,20-,25+/m0/s1. The van der Waals surface area contributed by atoms with Gasteiger partial charge >= 0.3 is 0 Å². The second-order valence-electron chi connectivity index (χ2n) is 10.8. The van der Waals surface area contributed by atoms with Crippen LogP contribution in [0.1, 0.15) is 44.5 Å². The molecule has 0 spiro atoms. The van der Waals surface area contributed by atoms with E-state index < -0.39 is 0 Å². The van der Waals surface area contributed by atoms with E-state index in [-0.39, 0.29) is 11.9 Å². The van der Waals surface area contributed by atoms with Gasteiger partial charge in [-0.3, -0.25) is 9.69 Å². The quantitative estimate of drug-likeness (QED) is 0.748. The van der Waals surface area contributed by atoms with Crippen LogP contribution >= 0.6 is 0 Å². The van der Waals surface area contributed by atoms with Crippen LogP contribution in [0.3, 0.4) is 0 Å². The van der Waals surface area contributed by atoms with Gasteiger partial charge in [0.05, 0.1) is 36.3 Å². The van der Waals surface area contributed by atoms with Gasteiger partial charge in [-0.2, -0.15) is 5.10 Å². The Morgan fingerprint density at radius 3 is 2.88 bits per heavy atom. The van der Waals surface area contributed by atoms with E-state index in [1.165, 1.54) is 19.3 Å². The molecule has 2 aliphatic carbocycles. The number of nitrogens with one attached hydrogen (secondary N) is 2. The summed E-state index contributed by atoms with van der Waals surface area (Å²) in [6, 6.07) is 4.39. The van der Waals surface area contributed by atoms with Gasteiger partial charge in [0.25, 0.3) is 0 Å². The van der Waals surface area contributed by atoms with Crippen molar-refractivity contribution in [1.82, 2.24) is 20.3 Å². The summed E-state index contributed by atoms with van der Waals surface area (Å²) in [6.45, 7) is 9.40. The van der Waals surface area contributed by atoms with Gasteiger partial charge in [0.2, 0.25) is 5.91 Å². The third-order valence-corrected chi connectivity index (χ3v) is 8.64. The Balaban J connectivity index is 1.24. The highest BCUT2D eigenvalue weighted by atomic mass is 16.5. The normalized spacial score (nSPS) is 32.0. The van der Waals surface area contributed by atoms with Gasteiger partial charge in [0, 0.05) is 31.7 Å². The minimum absolute atomic E-state index is 0.0945. The molecule has 33 heavy (non-hydrogen) atoms. The first kappa shape index (κ1) is 21.1. The van der Waals surface area contributed by atoms with Crippen LogP contribution in [0, 0.1) is 24.2 Å². The Hall–Kier alpha value is -2.45. The molecule has 8 heteroatoms. The van der Waals surface area contributed by atoms with Crippen molar-refractivity contribution in [3.05, 3.63) is 23.5 Å². The van der Waals surface area contributed by atoms with Crippen molar-refractivity contribution >= 4 is 28.3 Å². The predicted molar refractivity (Wildman–Crippen MR) is 128 cm³/mol. The smallest absolute Gasteiger partial charge is 0.243 e. The average Bonchev–Trinajstić information content (AvgIpc) is 3.10. The van der Waals surface area contributed by atoms with E-state index in [4.69, 9.17) is 14.8 Å². The van der Waals surface area contributed by atoms with Crippen molar-refractivity contribution in [2.75, 3.05) is 38.3 Å². The Morgan fingerprint density at radius 2 is 2.09 bits per heavy atom. The van der Waals surface area contributed by atoms with Crippen molar-refractivity contribution in [3.63, 3.8) is 0 Å². The van der Waals surface area contributed by atoms with Crippen molar-refractivity contribution in [1.29, 1.82) is 0 Å². The number of H-pyrrole nitrogens is 1. The lowest BCUT2D eigenvalue weighted by Gasteiger charge is -2.33. The molecule has 2 saturated carbocycles. The Morgan fingerprint density at radius 1 is 1.30 bits per heavy atom. The topological polar surface area (TPSA) is 85.8 Å². The zero-order valence-corrected chi connectivity index (χ0v) is 20.0. The molecule has 4 aliphatic rings. The van der Waals surface area contributed by atoms with Crippen LogP contribution in [0.5, 0.6) is 0 Å². The van der Waals surface area contributed by atoms with Gasteiger partial charge < -0.3 is 20.0 Å². The van der Waals surface area contributed by atoms with Gasteiger partial charge in [0.15, 0.2) is 5.82 Å². The maximum absolute atomic E-state index is 13.3. The molecule has 2 aromatic rings. The SMILES string of the molecule is Cc1cc2[nH]c(C3=NN[C@H]4C[C@@]5(C)C[C@H]5CC34)nc2cc1N(C)C(=O)[C@H](C)N1CCOCC1. The van der Waals surface area contributed by atoms with Gasteiger partial charge in [-0.05, 0) is 62.1 Å². The number of aromatic amines is 1. The van der Waals surface area contributed by atoms with Crippen molar-refractivity contribution < 1.29 is 9.53 Å². The first-order chi connectivity index (χ1) is 15.8. The molecule has 2 N–H and O–H groups in total. The average molecular weight is 451 g/mol. The van der Waals surface area contributed by atoms with E-state index in [2.05, 4.69) is 35.2 Å². The number of hydrogen-bond acceptors (Lipinski definition) is 6. The Kier molecular flexibility index (Phi) is 4.82. The molecule has 3 heterocycles. The molecule has 8 nitrogen and oxygen atoms in total. The number of morpholine rings is 1. The van der Waals surface area contributed by atoms with Crippen LogP contribution in [-0.4, -0.2) is 71.9 Å². The molecule has 2 aliphatic heterocycles. The summed E-state index contributed by atoms with van der Waals surface area (Å²) in [5.41, 5.74) is 8.81. The highest BCUT2D eigenvalue weighted by Gasteiger charge is 2.58. The molecule has 1 aromatic carbocycles. The second-order valence-corrected chi connectivity index (χ2v) is 10.8. The monoisotopic (exact) mass is 450 g/mol. The summed E-state index contributed by atoms with van der Waals surface area (Å²) in [5.74, 6) is 2.22. The van der Waals surface area contributed by atoms with Crippen LogP contribution < -0.4 is 10.3 Å². The summed E-state index contributed by atoms with van der Waals surface area (Å²) in [6.07, 6.45) is 3.75. The number of ether oxygens (including phenoxy) is 1. The summed E-state index contributed by atoms with van der Waals surface area (Å²) in [5, 5.41) is 4.71. The van der Waals surface area contributed by atoms with E-state index >= 15 is 0 Å². The van der Waals surface area contributed by atoms with E-state index in [1.807, 2.05) is 20.0 Å². The molecule has 6 rings (SSSR count). The summed E-state index contributed by atoms with van der Waals surface area (Å²) < 4.78 is 5.44. The van der Waals surface area contributed by atoms with Crippen LogP contribution in [0.15, 0.2) is 17.2 Å². The fraction of sp³-hybridized carbons (Fsp3) is 0.640. The van der Waals surface area contributed by atoms with Gasteiger partial charge in [-0.15, -0.1) is 0 Å². The van der Waals surface area contributed by atoms with Crippen LogP contribution in [0.4, 0.5) is 5.69 Å². The fourth-order valence-electron chi connectivity index (χ4n) is 6.30. The number of carbonyl (C=O) groups is 1. The number of carbonyl (C=O) groups excluding carboxylic acids is 1. The third kappa shape index (κ3) is 3.46.